The number of hydrogen-bond acceptors (Lipinski definition) is 1. The average molecular weight is 437 g/mol. The first kappa shape index (κ1) is 18.6. The van der Waals surface area contributed by atoms with Gasteiger partial charge in [-0.15, -0.1) is 0 Å². The summed E-state index contributed by atoms with van der Waals surface area (Å²) in [5.41, 5.74) is 1.01. The Balaban J connectivity index is 1.54. The number of halogens is 1. The fourth-order valence-corrected chi connectivity index (χ4v) is 6.48. The summed E-state index contributed by atoms with van der Waals surface area (Å²) in [6.07, 6.45) is 2.99. The summed E-state index contributed by atoms with van der Waals surface area (Å²) in [5.74, 6) is 3.23. The molecule has 0 N–H and O–H groups in total. The zero-order valence-corrected chi connectivity index (χ0v) is 18.8. The monoisotopic (exact) mass is 436 g/mol. The van der Waals surface area contributed by atoms with Gasteiger partial charge >= 0.3 is 0 Å². The zero-order valence-electron chi connectivity index (χ0n) is 17.2. The van der Waals surface area contributed by atoms with Crippen LogP contribution in [0.4, 0.5) is 0 Å². The van der Waals surface area contributed by atoms with Gasteiger partial charge in [0.15, 0.2) is 0 Å². The summed E-state index contributed by atoms with van der Waals surface area (Å²) in [5, 5.41) is 5.13. The maximum absolute atomic E-state index is 6.87. The maximum Gasteiger partial charge on any atom is 0.0885 e. The summed E-state index contributed by atoms with van der Waals surface area (Å²) in [6.45, 7) is 9.38. The minimum absolute atomic E-state index is 0.294. The minimum Gasteiger partial charge on any atom is -0.367 e. The molecule has 5 atom stereocenters. The molecule has 2 bridgehead atoms. The van der Waals surface area contributed by atoms with Crippen LogP contribution in [0, 0.1) is 23.7 Å². The van der Waals surface area contributed by atoms with Crippen molar-refractivity contribution in [2.24, 2.45) is 23.7 Å². The zero-order chi connectivity index (χ0) is 19.6. The lowest BCUT2D eigenvalue weighted by atomic mass is 9.80. The number of benzene rings is 3. The van der Waals surface area contributed by atoms with E-state index in [1.54, 1.807) is 0 Å². The van der Waals surface area contributed by atoms with Gasteiger partial charge in [0.05, 0.1) is 11.7 Å². The molecule has 5 rings (SSSR count). The Morgan fingerprint density at radius 1 is 0.893 bits per heavy atom. The summed E-state index contributed by atoms with van der Waals surface area (Å²) >= 11 is 3.70. The number of ether oxygens (including phenoxy) is 1. The molecule has 28 heavy (non-hydrogen) atoms. The molecule has 2 aliphatic carbocycles. The Labute approximate surface area is 176 Å². The third-order valence-electron chi connectivity index (χ3n) is 7.76. The van der Waals surface area contributed by atoms with Crippen LogP contribution in [0.15, 0.2) is 53.0 Å². The first-order valence-electron chi connectivity index (χ1n) is 10.6. The van der Waals surface area contributed by atoms with Gasteiger partial charge in [0.2, 0.25) is 0 Å². The van der Waals surface area contributed by atoms with Crippen molar-refractivity contribution in [1.82, 2.24) is 0 Å². The topological polar surface area (TPSA) is 9.23 Å². The van der Waals surface area contributed by atoms with Gasteiger partial charge in [-0.05, 0) is 95.7 Å². The van der Waals surface area contributed by atoms with Crippen molar-refractivity contribution in [1.29, 1.82) is 0 Å². The van der Waals surface area contributed by atoms with Crippen LogP contribution < -0.4 is 0 Å². The van der Waals surface area contributed by atoms with Crippen molar-refractivity contribution >= 4 is 37.5 Å². The fourth-order valence-electron chi connectivity index (χ4n) is 5.99. The van der Waals surface area contributed by atoms with Crippen molar-refractivity contribution < 1.29 is 4.74 Å². The Hall–Kier alpha value is -1.38. The lowest BCUT2D eigenvalue weighted by Gasteiger charge is -2.38. The van der Waals surface area contributed by atoms with Crippen LogP contribution in [0.2, 0.25) is 0 Å². The SMILES string of the molecule is CC1C2CC(OC(C)(C)c3cccc4cc5c(Br)cccc5cc34)C(C2)C1C. The summed E-state index contributed by atoms with van der Waals surface area (Å²) in [4.78, 5) is 0. The second-order valence-electron chi connectivity index (χ2n) is 9.62. The van der Waals surface area contributed by atoms with Gasteiger partial charge in [-0.1, -0.05) is 60.1 Å². The molecule has 3 aromatic rings. The van der Waals surface area contributed by atoms with Crippen LogP contribution in [0.25, 0.3) is 21.5 Å². The highest BCUT2D eigenvalue weighted by atomic mass is 79.9. The van der Waals surface area contributed by atoms with Crippen molar-refractivity contribution in [3.05, 3.63) is 58.6 Å². The van der Waals surface area contributed by atoms with E-state index in [-0.39, 0.29) is 5.60 Å². The highest BCUT2D eigenvalue weighted by molar-refractivity contribution is 9.10. The Morgan fingerprint density at radius 2 is 1.57 bits per heavy atom. The van der Waals surface area contributed by atoms with E-state index in [1.807, 2.05) is 0 Å². The second-order valence-corrected chi connectivity index (χ2v) is 10.5. The van der Waals surface area contributed by atoms with Crippen molar-refractivity contribution in [3.63, 3.8) is 0 Å². The molecular weight excluding hydrogens is 408 g/mol. The first-order chi connectivity index (χ1) is 13.3. The lowest BCUT2D eigenvalue weighted by Crippen LogP contribution is -2.36. The number of hydrogen-bond donors (Lipinski definition) is 0. The summed E-state index contributed by atoms with van der Waals surface area (Å²) in [6, 6.07) is 17.7. The third kappa shape index (κ3) is 2.83. The van der Waals surface area contributed by atoms with Gasteiger partial charge in [0, 0.05) is 4.47 Å². The van der Waals surface area contributed by atoms with E-state index in [0.717, 1.165) is 28.1 Å². The lowest BCUT2D eigenvalue weighted by molar-refractivity contribution is -0.109. The molecular formula is C26H29BrO. The molecule has 1 nitrogen and oxygen atoms in total. The molecule has 0 radical (unpaired) electrons. The van der Waals surface area contributed by atoms with Crippen molar-refractivity contribution in [2.75, 3.05) is 0 Å². The highest BCUT2D eigenvalue weighted by Crippen LogP contribution is 2.54. The molecule has 0 aromatic heterocycles. The van der Waals surface area contributed by atoms with Crippen LogP contribution in [0.3, 0.4) is 0 Å². The molecule has 5 unspecified atom stereocenters. The van der Waals surface area contributed by atoms with Crippen molar-refractivity contribution in [3.8, 4) is 0 Å². The van der Waals surface area contributed by atoms with E-state index < -0.39 is 0 Å². The molecule has 2 heteroatoms. The number of rotatable bonds is 3. The Kier molecular flexibility index (Phi) is 4.37. The van der Waals surface area contributed by atoms with Crippen LogP contribution in [-0.4, -0.2) is 6.10 Å². The van der Waals surface area contributed by atoms with Gasteiger partial charge in [0.1, 0.15) is 0 Å². The molecule has 0 saturated heterocycles. The fraction of sp³-hybridized carbons (Fsp3) is 0.462. The normalized spacial score (nSPS) is 29.8. The highest BCUT2D eigenvalue weighted by Gasteiger charge is 2.50. The standard InChI is InChI=1S/C26H29BrO/c1-15-16(2)20-13-19(15)14-25(20)28-26(3,4)23-9-5-7-17-12-22-18(11-21(17)23)8-6-10-24(22)27/h5-12,15-16,19-20,25H,13-14H2,1-4H3. The van der Waals surface area contributed by atoms with Gasteiger partial charge in [-0.25, -0.2) is 0 Å². The van der Waals surface area contributed by atoms with E-state index in [1.165, 1.54) is 39.9 Å². The van der Waals surface area contributed by atoms with Gasteiger partial charge in [-0.2, -0.15) is 0 Å². The predicted molar refractivity (Wildman–Crippen MR) is 122 cm³/mol. The molecule has 2 saturated carbocycles. The largest absolute Gasteiger partial charge is 0.367 e. The average Bonchev–Trinajstić information content (AvgIpc) is 3.19. The molecule has 2 fully saturated rings. The summed E-state index contributed by atoms with van der Waals surface area (Å²) in [7, 11) is 0. The van der Waals surface area contributed by atoms with Gasteiger partial charge < -0.3 is 4.74 Å². The molecule has 0 heterocycles. The van der Waals surface area contributed by atoms with E-state index in [9.17, 15) is 0 Å². The molecule has 0 spiro atoms. The van der Waals surface area contributed by atoms with Crippen LogP contribution in [0.5, 0.6) is 0 Å². The molecule has 0 aliphatic heterocycles. The first-order valence-corrected chi connectivity index (χ1v) is 11.4. The molecule has 2 aliphatic rings. The minimum atomic E-state index is -0.294. The van der Waals surface area contributed by atoms with Gasteiger partial charge in [-0.3, -0.25) is 0 Å². The quantitative estimate of drug-likeness (QED) is 0.382. The Morgan fingerprint density at radius 3 is 2.29 bits per heavy atom. The van der Waals surface area contributed by atoms with E-state index in [2.05, 4.69) is 92.2 Å². The maximum atomic E-state index is 6.87. The molecule has 146 valence electrons. The van der Waals surface area contributed by atoms with E-state index >= 15 is 0 Å². The van der Waals surface area contributed by atoms with Crippen LogP contribution in [0.1, 0.15) is 46.1 Å². The third-order valence-corrected chi connectivity index (χ3v) is 8.45. The number of fused-ring (bicyclic) bond motifs is 4. The van der Waals surface area contributed by atoms with Gasteiger partial charge in [0.25, 0.3) is 0 Å². The van der Waals surface area contributed by atoms with E-state index in [0.29, 0.717) is 6.10 Å². The summed E-state index contributed by atoms with van der Waals surface area (Å²) < 4.78 is 8.02. The second kappa shape index (κ2) is 6.57. The predicted octanol–water partition coefficient (Wildman–Crippen LogP) is 7.69. The van der Waals surface area contributed by atoms with E-state index in [4.69, 9.17) is 4.74 Å². The Bertz CT molecular complexity index is 1050. The smallest absolute Gasteiger partial charge is 0.0885 e. The van der Waals surface area contributed by atoms with Crippen LogP contribution in [-0.2, 0) is 10.3 Å². The molecule has 3 aromatic carbocycles. The van der Waals surface area contributed by atoms with Crippen molar-refractivity contribution in [2.45, 2.75) is 52.2 Å². The van der Waals surface area contributed by atoms with Crippen LogP contribution >= 0.6 is 15.9 Å². The molecule has 0 amide bonds.